The summed E-state index contributed by atoms with van der Waals surface area (Å²) in [7, 11) is -7.75. The van der Waals surface area contributed by atoms with Crippen molar-refractivity contribution in [1.29, 1.82) is 0 Å². The lowest BCUT2D eigenvalue weighted by Crippen LogP contribution is -2.14. The van der Waals surface area contributed by atoms with Gasteiger partial charge in [-0.05, 0) is 67.8 Å². The molecule has 0 aromatic heterocycles. The van der Waals surface area contributed by atoms with Crippen molar-refractivity contribution in [3.8, 4) is 5.75 Å². The van der Waals surface area contributed by atoms with Crippen LogP contribution in [0.5, 0.6) is 5.75 Å². The summed E-state index contributed by atoms with van der Waals surface area (Å²) in [6, 6.07) is 7.31. The summed E-state index contributed by atoms with van der Waals surface area (Å²) in [5.41, 5.74) is 1.31. The second-order valence-electron chi connectivity index (χ2n) is 5.61. The van der Waals surface area contributed by atoms with Crippen molar-refractivity contribution in [2.24, 2.45) is 0 Å². The Labute approximate surface area is 147 Å². The van der Waals surface area contributed by atoms with Gasteiger partial charge in [0.05, 0.1) is 4.90 Å². The van der Waals surface area contributed by atoms with E-state index in [-0.39, 0.29) is 21.1 Å². The van der Waals surface area contributed by atoms with Crippen LogP contribution in [0.3, 0.4) is 0 Å². The maximum atomic E-state index is 12.6. The molecule has 2 aromatic rings. The molecular weight excluding hydrogens is 372 g/mol. The molecule has 5 nitrogen and oxygen atoms in total. The Balaban J connectivity index is 2.57. The van der Waals surface area contributed by atoms with Crippen molar-refractivity contribution in [3.63, 3.8) is 0 Å². The van der Waals surface area contributed by atoms with Crippen LogP contribution in [0.25, 0.3) is 0 Å². The number of aryl methyl sites for hydroxylation is 2. The molecule has 0 bridgehead atoms. The molecule has 130 valence electrons. The fourth-order valence-corrected chi connectivity index (χ4v) is 4.79. The van der Waals surface area contributed by atoms with Gasteiger partial charge in [0.1, 0.15) is 10.6 Å². The predicted molar refractivity (Wildman–Crippen MR) is 93.0 cm³/mol. The van der Waals surface area contributed by atoms with Gasteiger partial charge in [0.2, 0.25) is 0 Å². The first-order valence-corrected chi connectivity index (χ1v) is 10.6. The van der Waals surface area contributed by atoms with E-state index in [0.717, 1.165) is 6.26 Å². The molecule has 2 rings (SSSR count). The van der Waals surface area contributed by atoms with Gasteiger partial charge in [-0.25, -0.2) is 8.42 Å². The zero-order valence-corrected chi connectivity index (χ0v) is 16.0. The second kappa shape index (κ2) is 6.38. The Morgan fingerprint density at radius 2 is 1.50 bits per heavy atom. The lowest BCUT2D eigenvalue weighted by Gasteiger charge is -2.13. The minimum atomic E-state index is -4.19. The molecule has 0 spiro atoms. The summed E-state index contributed by atoms with van der Waals surface area (Å²) in [6.07, 6.45) is 1.04. The summed E-state index contributed by atoms with van der Waals surface area (Å²) in [4.78, 5) is -0.201. The summed E-state index contributed by atoms with van der Waals surface area (Å²) in [5, 5.41) is 0.492. The van der Waals surface area contributed by atoms with E-state index in [1.807, 2.05) is 0 Å². The van der Waals surface area contributed by atoms with Crippen molar-refractivity contribution in [1.82, 2.24) is 0 Å². The minimum Gasteiger partial charge on any atom is -0.379 e. The molecule has 2 aromatic carbocycles. The Hall–Kier alpha value is -1.57. The van der Waals surface area contributed by atoms with Crippen LogP contribution in [0.1, 0.15) is 16.7 Å². The lowest BCUT2D eigenvalue weighted by molar-refractivity contribution is 0.485. The largest absolute Gasteiger partial charge is 0.379 e. The first-order valence-electron chi connectivity index (χ1n) is 6.94. The normalized spacial score (nSPS) is 12.2. The van der Waals surface area contributed by atoms with Gasteiger partial charge in [0, 0.05) is 11.3 Å². The zero-order chi connectivity index (χ0) is 18.3. The average molecular weight is 389 g/mol. The van der Waals surface area contributed by atoms with E-state index < -0.39 is 20.0 Å². The number of sulfone groups is 1. The number of hydrogen-bond acceptors (Lipinski definition) is 5. The highest BCUT2D eigenvalue weighted by molar-refractivity contribution is 7.91. The van der Waals surface area contributed by atoms with E-state index in [2.05, 4.69) is 0 Å². The Kier molecular flexibility index (Phi) is 4.99. The van der Waals surface area contributed by atoms with Crippen LogP contribution in [0.15, 0.2) is 40.1 Å². The van der Waals surface area contributed by atoms with E-state index >= 15 is 0 Å². The summed E-state index contributed by atoms with van der Waals surface area (Å²) in [5.74, 6) is 0.110. The Morgan fingerprint density at radius 1 is 0.917 bits per heavy atom. The van der Waals surface area contributed by atoms with Crippen LogP contribution in [-0.2, 0) is 20.0 Å². The van der Waals surface area contributed by atoms with E-state index in [0.29, 0.717) is 16.1 Å². The number of benzene rings is 2. The highest BCUT2D eigenvalue weighted by atomic mass is 35.5. The summed E-state index contributed by atoms with van der Waals surface area (Å²) in [6.45, 7) is 4.79. The Bertz CT molecular complexity index is 1010. The van der Waals surface area contributed by atoms with Gasteiger partial charge < -0.3 is 4.18 Å². The topological polar surface area (TPSA) is 77.5 Å². The highest BCUT2D eigenvalue weighted by Gasteiger charge is 2.25. The van der Waals surface area contributed by atoms with Crippen molar-refractivity contribution in [2.75, 3.05) is 6.26 Å². The molecule has 0 aliphatic heterocycles. The number of halogens is 1. The van der Waals surface area contributed by atoms with Gasteiger partial charge in [-0.15, -0.1) is 0 Å². The molecule has 24 heavy (non-hydrogen) atoms. The van der Waals surface area contributed by atoms with E-state index in [1.165, 1.54) is 37.3 Å². The molecular formula is C16H17ClO5S2. The number of hydrogen-bond donors (Lipinski definition) is 0. The summed E-state index contributed by atoms with van der Waals surface area (Å²) < 4.78 is 54.1. The summed E-state index contributed by atoms with van der Waals surface area (Å²) >= 11 is 5.91. The smallest absolute Gasteiger partial charge is 0.339 e. The van der Waals surface area contributed by atoms with Crippen molar-refractivity contribution in [2.45, 2.75) is 30.6 Å². The molecule has 8 heteroatoms. The van der Waals surface area contributed by atoms with Gasteiger partial charge in [-0.2, -0.15) is 8.42 Å². The van der Waals surface area contributed by atoms with Gasteiger partial charge >= 0.3 is 10.1 Å². The average Bonchev–Trinajstić information content (AvgIpc) is 2.43. The van der Waals surface area contributed by atoms with E-state index in [1.54, 1.807) is 13.8 Å². The monoisotopic (exact) mass is 388 g/mol. The molecule has 0 saturated heterocycles. The van der Waals surface area contributed by atoms with Crippen LogP contribution in [0.2, 0.25) is 5.02 Å². The third-order valence-corrected chi connectivity index (χ3v) is 6.48. The van der Waals surface area contributed by atoms with Crippen molar-refractivity contribution >= 4 is 31.6 Å². The molecule has 0 aliphatic rings. The standard InChI is InChI=1S/C16H17ClO5S2/c1-10-7-15(23(4,18)19)12(3)16(8-10)24(20,21)22-13-5-6-14(17)11(2)9-13/h5-9H,1-4H3. The van der Waals surface area contributed by atoms with Gasteiger partial charge in [0.15, 0.2) is 9.84 Å². The zero-order valence-electron chi connectivity index (χ0n) is 13.6. The molecule has 0 N–H and O–H groups in total. The first-order chi connectivity index (χ1) is 10.9. The maximum absolute atomic E-state index is 12.6. The van der Waals surface area contributed by atoms with Gasteiger partial charge in [-0.1, -0.05) is 11.6 Å². The van der Waals surface area contributed by atoms with Gasteiger partial charge in [-0.3, -0.25) is 0 Å². The van der Waals surface area contributed by atoms with Crippen LogP contribution in [0.4, 0.5) is 0 Å². The molecule has 0 saturated carbocycles. The predicted octanol–water partition coefficient (Wildman–Crippen LogP) is 3.44. The van der Waals surface area contributed by atoms with Crippen LogP contribution < -0.4 is 4.18 Å². The molecule has 0 amide bonds. The maximum Gasteiger partial charge on any atom is 0.339 e. The SMILES string of the molecule is Cc1cc(S(C)(=O)=O)c(C)c(S(=O)(=O)Oc2ccc(Cl)c(C)c2)c1. The quantitative estimate of drug-likeness (QED) is 0.750. The highest BCUT2D eigenvalue weighted by Crippen LogP contribution is 2.29. The molecule has 0 heterocycles. The second-order valence-corrected chi connectivity index (χ2v) is 9.51. The molecule has 0 atom stereocenters. The fourth-order valence-electron chi connectivity index (χ4n) is 2.28. The van der Waals surface area contributed by atoms with Crippen molar-refractivity contribution in [3.05, 3.63) is 52.0 Å². The van der Waals surface area contributed by atoms with E-state index in [9.17, 15) is 16.8 Å². The third kappa shape index (κ3) is 3.91. The number of rotatable bonds is 4. The van der Waals surface area contributed by atoms with Gasteiger partial charge in [0.25, 0.3) is 0 Å². The molecule has 0 aliphatic carbocycles. The minimum absolute atomic E-state index is 0.0306. The fraction of sp³-hybridized carbons (Fsp3) is 0.250. The Morgan fingerprint density at radius 3 is 2.04 bits per heavy atom. The van der Waals surface area contributed by atoms with Crippen LogP contribution in [-0.4, -0.2) is 23.1 Å². The molecule has 0 unspecified atom stereocenters. The molecule has 0 radical (unpaired) electrons. The molecule has 0 fully saturated rings. The van der Waals surface area contributed by atoms with Crippen LogP contribution in [0, 0.1) is 20.8 Å². The third-order valence-electron chi connectivity index (χ3n) is 3.46. The lowest BCUT2D eigenvalue weighted by atomic mass is 10.2. The van der Waals surface area contributed by atoms with Crippen LogP contribution >= 0.6 is 11.6 Å². The van der Waals surface area contributed by atoms with E-state index in [4.69, 9.17) is 15.8 Å². The first kappa shape index (κ1) is 18.8. The van der Waals surface area contributed by atoms with Crippen molar-refractivity contribution < 1.29 is 21.0 Å².